The van der Waals surface area contributed by atoms with Gasteiger partial charge in [-0.3, -0.25) is 9.69 Å². The van der Waals surface area contributed by atoms with Crippen LogP contribution in [-0.4, -0.2) is 46.0 Å². The van der Waals surface area contributed by atoms with Crippen LogP contribution in [0.5, 0.6) is 0 Å². The van der Waals surface area contributed by atoms with E-state index >= 15 is 0 Å². The van der Waals surface area contributed by atoms with Gasteiger partial charge in [0.15, 0.2) is 0 Å². The van der Waals surface area contributed by atoms with Gasteiger partial charge in [0.05, 0.1) is 22.1 Å². The molecule has 0 saturated carbocycles. The number of carbonyl (C=O) groups is 1. The van der Waals surface area contributed by atoms with Gasteiger partial charge < -0.3 is 14.8 Å². The largest absolute Gasteiger partial charge is 0.457 e. The fraction of sp³-hybridized carbons (Fsp3) is 0.333. The fourth-order valence-corrected chi connectivity index (χ4v) is 4.86. The normalized spacial score (nSPS) is 22.9. The number of hydrogen-bond acceptors (Lipinski definition) is 6. The molecule has 0 aliphatic carbocycles. The predicted molar refractivity (Wildman–Crippen MR) is 116 cm³/mol. The molecule has 1 aromatic heterocycles. The van der Waals surface area contributed by atoms with Crippen molar-refractivity contribution in [1.82, 2.24) is 10.2 Å². The first-order valence-electron chi connectivity index (χ1n) is 9.87. The molecule has 4 rings (SSSR count). The zero-order chi connectivity index (χ0) is 24.8. The Morgan fingerprint density at radius 1 is 1.12 bits per heavy atom. The van der Waals surface area contributed by atoms with Gasteiger partial charge in [-0.05, 0) is 30.3 Å². The number of hydrogen-bond donors (Lipinski definition) is 2. The quantitative estimate of drug-likeness (QED) is 0.343. The molecule has 2 aromatic rings. The molecular formula is C21H16F6N2O3S2. The topological polar surface area (TPSA) is 65.7 Å². The smallest absolute Gasteiger partial charge is 0.416 e. The Kier molecular flexibility index (Phi) is 6.57. The Balaban J connectivity index is 1.59. The first-order valence-corrected chi connectivity index (χ1v) is 11.1. The van der Waals surface area contributed by atoms with Gasteiger partial charge >= 0.3 is 12.4 Å². The Morgan fingerprint density at radius 3 is 2.32 bits per heavy atom. The predicted octanol–water partition coefficient (Wildman–Crippen LogP) is 4.77. The minimum atomic E-state index is -4.98. The average Bonchev–Trinajstić information content (AvgIpc) is 3.44. The first kappa shape index (κ1) is 24.8. The second-order valence-electron chi connectivity index (χ2n) is 7.77. The number of benzene rings is 1. The summed E-state index contributed by atoms with van der Waals surface area (Å²) < 4.78 is 84.5. The van der Waals surface area contributed by atoms with E-state index in [1.807, 2.05) is 0 Å². The lowest BCUT2D eigenvalue weighted by atomic mass is 10.0. The lowest BCUT2D eigenvalue weighted by molar-refractivity contribution is -0.143. The molecule has 2 aliphatic heterocycles. The molecule has 5 nitrogen and oxygen atoms in total. The average molecular weight is 522 g/mol. The maximum absolute atomic E-state index is 13.1. The van der Waals surface area contributed by atoms with E-state index in [0.29, 0.717) is 25.2 Å². The third-order valence-corrected chi connectivity index (χ3v) is 6.74. The molecule has 0 spiro atoms. The standard InChI is InChI=1S/C21H16F6N2O3S2/c22-20(23,24)12-3-10(4-13(5-12)21(25,26)27)16-2-1-14(32-16)6-17-18(31)29(19(33)34-17)9-11-7-28-8-15(11)30/h1-6,11,15,28,30H,7-9H2/b17-6-. The summed E-state index contributed by atoms with van der Waals surface area (Å²) in [5.41, 5.74) is -3.32. The summed E-state index contributed by atoms with van der Waals surface area (Å²) in [5, 5.41) is 13.0. The van der Waals surface area contributed by atoms with Crippen LogP contribution < -0.4 is 5.32 Å². The van der Waals surface area contributed by atoms with Crippen LogP contribution in [0.1, 0.15) is 16.9 Å². The lowest BCUT2D eigenvalue weighted by Crippen LogP contribution is -2.37. The first-order chi connectivity index (χ1) is 15.8. The minimum absolute atomic E-state index is 0.0372. The van der Waals surface area contributed by atoms with Crippen LogP contribution in [-0.2, 0) is 17.1 Å². The van der Waals surface area contributed by atoms with E-state index in [9.17, 15) is 36.2 Å². The summed E-state index contributed by atoms with van der Waals surface area (Å²) in [6.07, 6.45) is -9.26. The molecule has 2 aliphatic rings. The highest BCUT2D eigenvalue weighted by Gasteiger charge is 2.38. The number of aliphatic hydroxyl groups excluding tert-OH is 1. The lowest BCUT2D eigenvalue weighted by Gasteiger charge is -2.20. The van der Waals surface area contributed by atoms with Gasteiger partial charge in [-0.1, -0.05) is 24.0 Å². The third kappa shape index (κ3) is 5.16. The molecule has 2 N–H and O–H groups in total. The second kappa shape index (κ2) is 9.02. The number of thioether (sulfide) groups is 1. The van der Waals surface area contributed by atoms with E-state index in [0.717, 1.165) is 11.8 Å². The molecule has 1 aromatic carbocycles. The summed E-state index contributed by atoms with van der Waals surface area (Å²) in [6.45, 7) is 1.15. The van der Waals surface area contributed by atoms with Crippen LogP contribution in [0.25, 0.3) is 17.4 Å². The SMILES string of the molecule is O=C1/C(=C/c2ccc(-c3cc(C(F)(F)F)cc(C(F)(F)F)c3)o2)SC(=S)N1CC1CNCC1O. The molecule has 34 heavy (non-hydrogen) atoms. The number of halogens is 6. The van der Waals surface area contributed by atoms with Gasteiger partial charge in [0.25, 0.3) is 5.91 Å². The molecule has 1 amide bonds. The summed E-state index contributed by atoms with van der Waals surface area (Å²) in [6, 6.07) is 3.73. The van der Waals surface area contributed by atoms with E-state index in [4.69, 9.17) is 16.6 Å². The zero-order valence-corrected chi connectivity index (χ0v) is 18.7. The molecule has 182 valence electrons. The van der Waals surface area contributed by atoms with Crippen molar-refractivity contribution < 1.29 is 40.7 Å². The summed E-state index contributed by atoms with van der Waals surface area (Å²) in [7, 11) is 0. The number of amides is 1. The maximum atomic E-state index is 13.1. The van der Waals surface area contributed by atoms with Crippen LogP contribution >= 0.6 is 24.0 Å². The summed E-state index contributed by atoms with van der Waals surface area (Å²) in [5.74, 6) is -0.784. The number of aliphatic hydroxyl groups is 1. The number of carbonyl (C=O) groups excluding carboxylic acids is 1. The van der Waals surface area contributed by atoms with E-state index in [1.54, 1.807) is 0 Å². The molecular weight excluding hydrogens is 506 g/mol. The highest BCUT2D eigenvalue weighted by atomic mass is 32.2. The number of alkyl halides is 6. The fourth-order valence-electron chi connectivity index (χ4n) is 3.61. The zero-order valence-electron chi connectivity index (χ0n) is 17.0. The number of nitrogens with one attached hydrogen (secondary N) is 1. The van der Waals surface area contributed by atoms with E-state index in [-0.39, 0.29) is 39.3 Å². The van der Waals surface area contributed by atoms with Crippen molar-refractivity contribution in [2.45, 2.75) is 18.5 Å². The molecule has 2 fully saturated rings. The van der Waals surface area contributed by atoms with E-state index in [1.165, 1.54) is 23.1 Å². The number of thiocarbonyl (C=S) groups is 1. The van der Waals surface area contributed by atoms with Crippen molar-refractivity contribution in [2.75, 3.05) is 19.6 Å². The molecule has 2 saturated heterocycles. The van der Waals surface area contributed by atoms with Gasteiger partial charge in [0.2, 0.25) is 0 Å². The summed E-state index contributed by atoms with van der Waals surface area (Å²) in [4.78, 5) is 14.3. The van der Waals surface area contributed by atoms with E-state index in [2.05, 4.69) is 5.32 Å². The Bertz CT molecular complexity index is 1130. The van der Waals surface area contributed by atoms with Crippen molar-refractivity contribution in [1.29, 1.82) is 0 Å². The molecule has 2 unspecified atom stereocenters. The molecule has 2 atom stereocenters. The van der Waals surface area contributed by atoms with Crippen LogP contribution in [0.4, 0.5) is 26.3 Å². The Hall–Kier alpha value is -2.35. The van der Waals surface area contributed by atoms with Gasteiger partial charge in [0.1, 0.15) is 15.8 Å². The highest BCUT2D eigenvalue weighted by molar-refractivity contribution is 8.26. The highest BCUT2D eigenvalue weighted by Crippen LogP contribution is 2.39. The van der Waals surface area contributed by atoms with Gasteiger partial charge in [-0.2, -0.15) is 26.3 Å². The number of nitrogens with zero attached hydrogens (tertiary/aromatic N) is 1. The Morgan fingerprint density at radius 2 is 1.76 bits per heavy atom. The molecule has 13 heteroatoms. The number of rotatable bonds is 4. The van der Waals surface area contributed by atoms with Gasteiger partial charge in [-0.15, -0.1) is 0 Å². The molecule has 0 bridgehead atoms. The van der Waals surface area contributed by atoms with Crippen molar-refractivity contribution >= 4 is 40.3 Å². The molecule has 0 radical (unpaired) electrons. The van der Waals surface area contributed by atoms with E-state index < -0.39 is 41.1 Å². The second-order valence-corrected chi connectivity index (χ2v) is 9.45. The third-order valence-electron chi connectivity index (χ3n) is 5.37. The van der Waals surface area contributed by atoms with Gasteiger partial charge in [0, 0.05) is 37.2 Å². The van der Waals surface area contributed by atoms with Crippen LogP contribution in [0.15, 0.2) is 39.7 Å². The summed E-state index contributed by atoms with van der Waals surface area (Å²) >= 11 is 6.23. The van der Waals surface area contributed by atoms with Gasteiger partial charge in [-0.25, -0.2) is 0 Å². The Labute approximate surface area is 198 Å². The number of β-amino-alcohol motifs (C(OH)–C–C–N with tert-alkyl or cyclic N) is 1. The van der Waals surface area contributed by atoms with Crippen molar-refractivity contribution in [3.8, 4) is 11.3 Å². The molecule has 3 heterocycles. The van der Waals surface area contributed by atoms with Crippen molar-refractivity contribution in [3.63, 3.8) is 0 Å². The van der Waals surface area contributed by atoms with Crippen LogP contribution in [0.3, 0.4) is 0 Å². The monoisotopic (exact) mass is 522 g/mol. The maximum Gasteiger partial charge on any atom is 0.416 e. The van der Waals surface area contributed by atoms with Crippen LogP contribution in [0, 0.1) is 5.92 Å². The number of furan rings is 1. The van der Waals surface area contributed by atoms with Crippen molar-refractivity contribution in [2.24, 2.45) is 5.92 Å². The van der Waals surface area contributed by atoms with Crippen molar-refractivity contribution in [3.05, 3.63) is 52.1 Å². The minimum Gasteiger partial charge on any atom is -0.457 e. The van der Waals surface area contributed by atoms with Crippen LogP contribution in [0.2, 0.25) is 0 Å².